The number of rotatable bonds is 9. The third-order valence-electron chi connectivity index (χ3n) is 4.10. The largest absolute Gasteiger partial charge is 0.497 e. The second-order valence-electron chi connectivity index (χ2n) is 6.10. The molecular weight excluding hydrogens is 380 g/mol. The van der Waals surface area contributed by atoms with Crippen molar-refractivity contribution in [2.45, 2.75) is 26.3 Å². The van der Waals surface area contributed by atoms with Gasteiger partial charge in [-0.3, -0.25) is 9.10 Å². The Bertz CT molecular complexity index is 897. The van der Waals surface area contributed by atoms with E-state index >= 15 is 0 Å². The number of anilines is 2. The van der Waals surface area contributed by atoms with Crippen molar-refractivity contribution in [2.75, 3.05) is 29.6 Å². The monoisotopic (exact) mass is 406 g/mol. The van der Waals surface area contributed by atoms with Crippen LogP contribution in [0.25, 0.3) is 0 Å². The van der Waals surface area contributed by atoms with Crippen molar-refractivity contribution in [3.05, 3.63) is 48.5 Å². The summed E-state index contributed by atoms with van der Waals surface area (Å²) < 4.78 is 36.8. The minimum atomic E-state index is -3.71. The number of carbonyl (C=O) groups is 1. The number of carbonyl (C=O) groups excluding carboxylic acids is 1. The first-order valence-corrected chi connectivity index (χ1v) is 10.8. The highest BCUT2D eigenvalue weighted by Gasteiger charge is 2.32. The van der Waals surface area contributed by atoms with E-state index in [9.17, 15) is 13.2 Å². The normalized spacial score (nSPS) is 12.1. The highest BCUT2D eigenvalue weighted by Crippen LogP contribution is 2.28. The van der Waals surface area contributed by atoms with E-state index in [1.807, 2.05) is 6.92 Å². The van der Waals surface area contributed by atoms with Crippen LogP contribution >= 0.6 is 0 Å². The number of hydrogen-bond donors (Lipinski definition) is 1. The molecule has 0 aromatic heterocycles. The maximum atomic E-state index is 13.0. The zero-order valence-electron chi connectivity index (χ0n) is 16.5. The summed E-state index contributed by atoms with van der Waals surface area (Å²) in [5, 5.41) is 2.80. The van der Waals surface area contributed by atoms with E-state index < -0.39 is 22.0 Å². The predicted molar refractivity (Wildman–Crippen MR) is 111 cm³/mol. The van der Waals surface area contributed by atoms with Crippen molar-refractivity contribution in [3.63, 3.8) is 0 Å². The molecule has 0 saturated heterocycles. The number of sulfonamides is 1. The predicted octanol–water partition coefficient (Wildman–Crippen LogP) is 3.28. The highest BCUT2D eigenvalue weighted by atomic mass is 32.2. The lowest BCUT2D eigenvalue weighted by Gasteiger charge is -2.30. The van der Waals surface area contributed by atoms with E-state index in [0.717, 1.165) is 10.6 Å². The molecule has 1 amide bonds. The molecule has 0 aliphatic rings. The van der Waals surface area contributed by atoms with Gasteiger partial charge in [0.2, 0.25) is 15.9 Å². The van der Waals surface area contributed by atoms with Crippen molar-refractivity contribution in [1.29, 1.82) is 0 Å². The van der Waals surface area contributed by atoms with Gasteiger partial charge >= 0.3 is 0 Å². The number of amides is 1. The molecular formula is C20H26N2O5S. The lowest BCUT2D eigenvalue weighted by Crippen LogP contribution is -2.47. The molecule has 28 heavy (non-hydrogen) atoms. The van der Waals surface area contributed by atoms with Crippen LogP contribution in [-0.2, 0) is 14.8 Å². The van der Waals surface area contributed by atoms with Crippen LogP contribution in [0.3, 0.4) is 0 Å². The quantitative estimate of drug-likeness (QED) is 0.691. The van der Waals surface area contributed by atoms with Gasteiger partial charge in [0.05, 0.1) is 31.3 Å². The summed E-state index contributed by atoms with van der Waals surface area (Å²) in [6.45, 7) is 4.06. The summed E-state index contributed by atoms with van der Waals surface area (Å²) in [6.07, 6.45) is 1.38. The summed E-state index contributed by atoms with van der Waals surface area (Å²) >= 11 is 0. The van der Waals surface area contributed by atoms with Crippen molar-refractivity contribution in [3.8, 4) is 11.5 Å². The second-order valence-corrected chi connectivity index (χ2v) is 7.96. The summed E-state index contributed by atoms with van der Waals surface area (Å²) in [4.78, 5) is 13.0. The van der Waals surface area contributed by atoms with Gasteiger partial charge in [-0.05, 0) is 49.7 Å². The molecule has 0 aliphatic heterocycles. The van der Waals surface area contributed by atoms with Crippen LogP contribution in [0.1, 0.15) is 20.3 Å². The van der Waals surface area contributed by atoms with Crippen LogP contribution in [-0.4, -0.2) is 40.3 Å². The first kappa shape index (κ1) is 21.6. The smallest absolute Gasteiger partial charge is 0.248 e. The number of methoxy groups -OCH3 is 1. The number of hydrogen-bond acceptors (Lipinski definition) is 5. The molecule has 0 radical (unpaired) electrons. The van der Waals surface area contributed by atoms with Gasteiger partial charge in [0.1, 0.15) is 17.5 Å². The number of benzene rings is 2. The fourth-order valence-corrected chi connectivity index (χ4v) is 4.07. The molecule has 0 heterocycles. The fraction of sp³-hybridized carbons (Fsp3) is 0.350. The van der Waals surface area contributed by atoms with E-state index in [1.54, 1.807) is 55.5 Å². The number of nitrogens with one attached hydrogen (secondary N) is 1. The SMILES string of the molecule is CCOc1ccccc1NC(=O)[C@@H](CC)N(c1ccc(OC)cc1)S(C)(=O)=O. The highest BCUT2D eigenvalue weighted by molar-refractivity contribution is 7.92. The standard InChI is InChI=1S/C20H26N2O5S/c1-5-18(20(23)21-17-9-7-8-10-19(17)27-6-2)22(28(4,24)25)15-11-13-16(26-3)14-12-15/h7-14,18H,5-6H2,1-4H3,(H,21,23)/t18-/m1/s1. The van der Waals surface area contributed by atoms with Crippen LogP contribution < -0.4 is 19.1 Å². The van der Waals surface area contributed by atoms with Gasteiger partial charge in [-0.25, -0.2) is 8.42 Å². The van der Waals surface area contributed by atoms with Gasteiger partial charge in [0.25, 0.3) is 0 Å². The molecule has 2 aromatic rings. The van der Waals surface area contributed by atoms with E-state index in [2.05, 4.69) is 5.32 Å². The molecule has 0 fully saturated rings. The number of nitrogens with zero attached hydrogens (tertiary/aromatic N) is 1. The Morgan fingerprint density at radius 1 is 1.11 bits per heavy atom. The Hall–Kier alpha value is -2.74. The Labute approximate surface area is 166 Å². The number of para-hydroxylation sites is 2. The van der Waals surface area contributed by atoms with Crippen molar-refractivity contribution in [1.82, 2.24) is 0 Å². The maximum Gasteiger partial charge on any atom is 0.248 e. The summed E-state index contributed by atoms with van der Waals surface area (Å²) in [5.41, 5.74) is 0.888. The van der Waals surface area contributed by atoms with Crippen molar-refractivity contribution < 1.29 is 22.7 Å². The average molecular weight is 407 g/mol. The number of ether oxygens (including phenoxy) is 2. The maximum absolute atomic E-state index is 13.0. The molecule has 0 saturated carbocycles. The third kappa shape index (κ3) is 5.16. The first-order valence-electron chi connectivity index (χ1n) is 8.98. The van der Waals surface area contributed by atoms with E-state index in [1.165, 1.54) is 7.11 Å². The third-order valence-corrected chi connectivity index (χ3v) is 5.28. The minimum absolute atomic E-state index is 0.293. The first-order chi connectivity index (χ1) is 13.3. The molecule has 7 nitrogen and oxygen atoms in total. The molecule has 1 N–H and O–H groups in total. The molecule has 0 unspecified atom stereocenters. The Morgan fingerprint density at radius 3 is 2.29 bits per heavy atom. The zero-order valence-corrected chi connectivity index (χ0v) is 17.3. The Morgan fingerprint density at radius 2 is 1.75 bits per heavy atom. The van der Waals surface area contributed by atoms with E-state index in [-0.39, 0.29) is 0 Å². The van der Waals surface area contributed by atoms with E-state index in [4.69, 9.17) is 9.47 Å². The van der Waals surface area contributed by atoms with Gasteiger partial charge < -0.3 is 14.8 Å². The van der Waals surface area contributed by atoms with Crippen molar-refractivity contribution in [2.24, 2.45) is 0 Å². The molecule has 1 atom stereocenters. The van der Waals surface area contributed by atoms with Gasteiger partial charge in [-0.2, -0.15) is 0 Å². The van der Waals surface area contributed by atoms with Gasteiger partial charge in [0.15, 0.2) is 0 Å². The molecule has 0 bridgehead atoms. The molecule has 2 aromatic carbocycles. The second kappa shape index (κ2) is 9.45. The molecule has 0 aliphatic carbocycles. The molecule has 8 heteroatoms. The summed E-state index contributed by atoms with van der Waals surface area (Å²) in [6, 6.07) is 12.7. The Kier molecular flexibility index (Phi) is 7.28. The van der Waals surface area contributed by atoms with Gasteiger partial charge in [-0.15, -0.1) is 0 Å². The van der Waals surface area contributed by atoms with Gasteiger partial charge in [0, 0.05) is 0 Å². The summed E-state index contributed by atoms with van der Waals surface area (Å²) in [5.74, 6) is 0.694. The Balaban J connectivity index is 2.36. The molecule has 2 rings (SSSR count). The van der Waals surface area contributed by atoms with Crippen LogP contribution in [0.4, 0.5) is 11.4 Å². The van der Waals surface area contributed by atoms with Gasteiger partial charge in [-0.1, -0.05) is 19.1 Å². The fourth-order valence-electron chi connectivity index (χ4n) is 2.86. The molecule has 0 spiro atoms. The van der Waals surface area contributed by atoms with Crippen LogP contribution in [0.15, 0.2) is 48.5 Å². The zero-order chi connectivity index (χ0) is 20.7. The van der Waals surface area contributed by atoms with Crippen LogP contribution in [0, 0.1) is 0 Å². The lowest BCUT2D eigenvalue weighted by atomic mass is 10.1. The molecule has 152 valence electrons. The minimum Gasteiger partial charge on any atom is -0.497 e. The lowest BCUT2D eigenvalue weighted by molar-refractivity contribution is -0.117. The van der Waals surface area contributed by atoms with Crippen LogP contribution in [0.2, 0.25) is 0 Å². The van der Waals surface area contributed by atoms with Crippen LogP contribution in [0.5, 0.6) is 11.5 Å². The van der Waals surface area contributed by atoms with Crippen molar-refractivity contribution >= 4 is 27.3 Å². The summed E-state index contributed by atoms with van der Waals surface area (Å²) in [7, 11) is -2.18. The van der Waals surface area contributed by atoms with E-state index in [0.29, 0.717) is 35.9 Å². The average Bonchev–Trinajstić information content (AvgIpc) is 2.67. The topological polar surface area (TPSA) is 84.9 Å².